The number of aromatic nitrogens is 1. The van der Waals surface area contributed by atoms with Crippen molar-refractivity contribution >= 4 is 5.82 Å². The third-order valence-electron chi connectivity index (χ3n) is 4.41. The van der Waals surface area contributed by atoms with E-state index in [4.69, 9.17) is 4.98 Å². The van der Waals surface area contributed by atoms with Gasteiger partial charge in [0.1, 0.15) is 5.82 Å². The van der Waals surface area contributed by atoms with E-state index in [0.29, 0.717) is 0 Å². The van der Waals surface area contributed by atoms with Crippen LogP contribution in [0, 0.1) is 13.8 Å². The molecule has 0 aliphatic carbocycles. The third kappa shape index (κ3) is 3.76. The molecule has 0 bridgehead atoms. The Balaban J connectivity index is 2.39. The van der Waals surface area contributed by atoms with Crippen molar-refractivity contribution in [2.24, 2.45) is 0 Å². The number of aryl methyl sites for hydroxylation is 2. The molecule has 1 fully saturated rings. The lowest BCUT2D eigenvalue weighted by Crippen LogP contribution is -2.41. The minimum absolute atomic E-state index is 0.120. The summed E-state index contributed by atoms with van der Waals surface area (Å²) in [6, 6.07) is 2.20. The molecular formula is C18H31N3. The van der Waals surface area contributed by atoms with Crippen molar-refractivity contribution in [1.82, 2.24) is 10.3 Å². The Morgan fingerprint density at radius 1 is 1.29 bits per heavy atom. The van der Waals surface area contributed by atoms with Gasteiger partial charge in [0.15, 0.2) is 0 Å². The quantitative estimate of drug-likeness (QED) is 0.912. The van der Waals surface area contributed by atoms with Gasteiger partial charge in [-0.2, -0.15) is 0 Å². The number of hydrogen-bond acceptors (Lipinski definition) is 3. The van der Waals surface area contributed by atoms with Crippen LogP contribution in [0.5, 0.6) is 0 Å². The van der Waals surface area contributed by atoms with Gasteiger partial charge in [0, 0.05) is 35.4 Å². The van der Waals surface area contributed by atoms with E-state index in [1.807, 2.05) is 0 Å². The lowest BCUT2D eigenvalue weighted by molar-refractivity contribution is 0.422. The van der Waals surface area contributed by atoms with Gasteiger partial charge < -0.3 is 10.2 Å². The van der Waals surface area contributed by atoms with Crippen LogP contribution in [-0.2, 0) is 6.54 Å². The normalized spacial score (nSPS) is 18.3. The first-order valence-electron chi connectivity index (χ1n) is 8.10. The molecule has 0 aromatic carbocycles. The van der Waals surface area contributed by atoms with Gasteiger partial charge in [-0.05, 0) is 72.9 Å². The number of anilines is 1. The first kappa shape index (κ1) is 16.3. The van der Waals surface area contributed by atoms with Crippen LogP contribution in [0.15, 0.2) is 6.07 Å². The minimum Gasteiger partial charge on any atom is -0.351 e. The fourth-order valence-corrected chi connectivity index (χ4v) is 3.14. The second-order valence-corrected chi connectivity index (χ2v) is 8.05. The molecule has 2 heterocycles. The highest BCUT2D eigenvalue weighted by molar-refractivity contribution is 5.54. The van der Waals surface area contributed by atoms with E-state index in [9.17, 15) is 0 Å². The zero-order valence-electron chi connectivity index (χ0n) is 14.8. The predicted molar refractivity (Wildman–Crippen MR) is 91.0 cm³/mol. The smallest absolute Gasteiger partial charge is 0.134 e. The standard InChI is InChI=1S/C18H31N3/c1-13-11-14(2)20-16(15(13)12-19-17(3,4)5)21-10-8-9-18(21,6)7/h11,19H,8-10,12H2,1-7H3. The van der Waals surface area contributed by atoms with Crippen molar-refractivity contribution < 1.29 is 0 Å². The van der Waals surface area contributed by atoms with Gasteiger partial charge in [0.2, 0.25) is 0 Å². The molecule has 1 N–H and O–H groups in total. The Labute approximate surface area is 130 Å². The van der Waals surface area contributed by atoms with Crippen molar-refractivity contribution in [2.45, 2.75) is 78.9 Å². The van der Waals surface area contributed by atoms with Crippen LogP contribution >= 0.6 is 0 Å². The summed E-state index contributed by atoms with van der Waals surface area (Å²) in [7, 11) is 0. The van der Waals surface area contributed by atoms with E-state index >= 15 is 0 Å². The molecule has 1 saturated heterocycles. The van der Waals surface area contributed by atoms with Gasteiger partial charge >= 0.3 is 0 Å². The highest BCUT2D eigenvalue weighted by Crippen LogP contribution is 2.35. The van der Waals surface area contributed by atoms with Crippen LogP contribution in [-0.4, -0.2) is 22.6 Å². The Hall–Kier alpha value is -1.09. The number of nitrogens with zero attached hydrogens (tertiary/aromatic N) is 2. The summed E-state index contributed by atoms with van der Waals surface area (Å²) in [6.07, 6.45) is 2.50. The van der Waals surface area contributed by atoms with Crippen molar-refractivity contribution in [3.05, 3.63) is 22.9 Å². The number of rotatable bonds is 3. The molecule has 2 rings (SSSR count). The number of nitrogens with one attached hydrogen (secondary N) is 1. The Morgan fingerprint density at radius 2 is 1.95 bits per heavy atom. The van der Waals surface area contributed by atoms with Gasteiger partial charge in [-0.25, -0.2) is 4.98 Å². The average molecular weight is 289 g/mol. The maximum absolute atomic E-state index is 4.90. The summed E-state index contributed by atoms with van der Waals surface area (Å²) in [5, 5.41) is 3.62. The second kappa shape index (κ2) is 5.60. The molecule has 0 atom stereocenters. The van der Waals surface area contributed by atoms with Crippen molar-refractivity contribution in [1.29, 1.82) is 0 Å². The third-order valence-corrected chi connectivity index (χ3v) is 4.41. The van der Waals surface area contributed by atoms with Gasteiger partial charge in [0.05, 0.1) is 0 Å². The molecule has 0 amide bonds. The molecule has 1 aromatic rings. The van der Waals surface area contributed by atoms with Gasteiger partial charge in [-0.15, -0.1) is 0 Å². The zero-order valence-corrected chi connectivity index (χ0v) is 14.8. The van der Waals surface area contributed by atoms with E-state index in [1.54, 1.807) is 0 Å². The van der Waals surface area contributed by atoms with Crippen LogP contribution in [0.4, 0.5) is 5.82 Å². The summed E-state index contributed by atoms with van der Waals surface area (Å²) in [6.45, 7) is 17.6. The largest absolute Gasteiger partial charge is 0.351 e. The molecular weight excluding hydrogens is 258 g/mol. The topological polar surface area (TPSA) is 28.2 Å². The summed E-state index contributed by atoms with van der Waals surface area (Å²) >= 11 is 0. The molecule has 0 saturated carbocycles. The summed E-state index contributed by atoms with van der Waals surface area (Å²) in [5.74, 6) is 1.19. The van der Waals surface area contributed by atoms with E-state index in [1.165, 1.54) is 29.8 Å². The van der Waals surface area contributed by atoms with E-state index < -0.39 is 0 Å². The summed E-state index contributed by atoms with van der Waals surface area (Å²) < 4.78 is 0. The van der Waals surface area contributed by atoms with E-state index in [2.05, 4.69) is 64.7 Å². The SMILES string of the molecule is Cc1cc(C)c(CNC(C)(C)C)c(N2CCCC2(C)C)n1. The maximum Gasteiger partial charge on any atom is 0.134 e. The molecule has 3 nitrogen and oxygen atoms in total. The average Bonchev–Trinajstić information content (AvgIpc) is 2.65. The van der Waals surface area contributed by atoms with Crippen LogP contribution in [0.3, 0.4) is 0 Å². The Morgan fingerprint density at radius 3 is 2.48 bits per heavy atom. The predicted octanol–water partition coefficient (Wildman–Crippen LogP) is 3.97. The van der Waals surface area contributed by atoms with E-state index in [0.717, 1.165) is 18.8 Å². The first-order valence-corrected chi connectivity index (χ1v) is 8.10. The van der Waals surface area contributed by atoms with Crippen molar-refractivity contribution in [3.63, 3.8) is 0 Å². The maximum atomic E-state index is 4.90. The Kier molecular flexibility index (Phi) is 4.34. The van der Waals surface area contributed by atoms with Crippen LogP contribution < -0.4 is 10.2 Å². The van der Waals surface area contributed by atoms with Crippen LogP contribution in [0.1, 0.15) is 64.3 Å². The van der Waals surface area contributed by atoms with Crippen molar-refractivity contribution in [3.8, 4) is 0 Å². The molecule has 0 unspecified atom stereocenters. The lowest BCUT2D eigenvalue weighted by Gasteiger charge is -2.35. The second-order valence-electron chi connectivity index (χ2n) is 8.05. The van der Waals surface area contributed by atoms with Gasteiger partial charge in [-0.3, -0.25) is 0 Å². The lowest BCUT2D eigenvalue weighted by atomic mass is 10.00. The van der Waals surface area contributed by atoms with Gasteiger partial charge in [-0.1, -0.05) is 0 Å². The molecule has 0 radical (unpaired) electrons. The fourth-order valence-electron chi connectivity index (χ4n) is 3.14. The number of pyridine rings is 1. The van der Waals surface area contributed by atoms with Crippen LogP contribution in [0.2, 0.25) is 0 Å². The highest BCUT2D eigenvalue weighted by Gasteiger charge is 2.34. The molecule has 1 aliphatic heterocycles. The first-order chi connectivity index (χ1) is 9.60. The molecule has 0 spiro atoms. The fraction of sp³-hybridized carbons (Fsp3) is 0.722. The summed E-state index contributed by atoms with van der Waals surface area (Å²) in [4.78, 5) is 7.40. The van der Waals surface area contributed by atoms with Gasteiger partial charge in [0.25, 0.3) is 0 Å². The zero-order chi connectivity index (χ0) is 15.8. The van der Waals surface area contributed by atoms with Crippen molar-refractivity contribution in [2.75, 3.05) is 11.4 Å². The molecule has 118 valence electrons. The molecule has 21 heavy (non-hydrogen) atoms. The number of hydrogen-bond donors (Lipinski definition) is 1. The molecule has 1 aromatic heterocycles. The van der Waals surface area contributed by atoms with E-state index in [-0.39, 0.29) is 11.1 Å². The van der Waals surface area contributed by atoms with Crippen LogP contribution in [0.25, 0.3) is 0 Å². The minimum atomic E-state index is 0.120. The molecule has 3 heteroatoms. The summed E-state index contributed by atoms with van der Waals surface area (Å²) in [5.41, 5.74) is 4.14. The highest BCUT2D eigenvalue weighted by atomic mass is 15.3. The monoisotopic (exact) mass is 289 g/mol. The molecule has 1 aliphatic rings. The Bertz CT molecular complexity index is 512.